The molecule has 0 aliphatic carbocycles. The molecule has 0 N–H and O–H groups in total. The molecule has 0 aliphatic heterocycles. The second-order valence-electron chi connectivity index (χ2n) is 12.4. The summed E-state index contributed by atoms with van der Waals surface area (Å²) in [5.74, 6) is -1.75. The van der Waals surface area contributed by atoms with Crippen LogP contribution in [0.3, 0.4) is 0 Å². The molecular weight excluding hydrogens is 522 g/mol. The summed E-state index contributed by atoms with van der Waals surface area (Å²) in [4.78, 5) is 36.2. The van der Waals surface area contributed by atoms with E-state index >= 15 is 0 Å². The first kappa shape index (κ1) is 39.3. The molecule has 0 saturated heterocycles. The topological polar surface area (TPSA) is 102 Å². The maximum absolute atomic E-state index is 12.5. The number of aliphatic carboxylic acids is 1. The Morgan fingerprint density at radius 1 is 0.634 bits per heavy atom. The number of unbranched alkanes of at least 4 members (excludes halogenated alkanes) is 15. The Morgan fingerprint density at radius 3 is 1.51 bits per heavy atom. The third-order valence-corrected chi connectivity index (χ3v) is 7.49. The largest absolute Gasteiger partial charge is 0.544 e. The van der Waals surface area contributed by atoms with Crippen molar-refractivity contribution in [2.45, 2.75) is 154 Å². The van der Waals surface area contributed by atoms with Gasteiger partial charge in [0.1, 0.15) is 12.6 Å². The van der Waals surface area contributed by atoms with E-state index in [1.54, 1.807) is 21.1 Å². The van der Waals surface area contributed by atoms with Crippen molar-refractivity contribution in [2.24, 2.45) is 0 Å². The van der Waals surface area contributed by atoms with Crippen LogP contribution in [-0.4, -0.2) is 75.5 Å². The van der Waals surface area contributed by atoms with Gasteiger partial charge in [0.05, 0.1) is 40.3 Å². The number of carboxylic acid groups (broad SMARTS) is 1. The highest BCUT2D eigenvalue weighted by atomic mass is 16.6. The van der Waals surface area contributed by atoms with Crippen LogP contribution in [-0.2, 0) is 28.6 Å². The van der Waals surface area contributed by atoms with Crippen molar-refractivity contribution in [3.8, 4) is 0 Å². The zero-order chi connectivity index (χ0) is 30.8. The van der Waals surface area contributed by atoms with Gasteiger partial charge in [-0.05, 0) is 12.8 Å². The van der Waals surface area contributed by atoms with Crippen molar-refractivity contribution in [2.75, 3.05) is 41.0 Å². The first-order valence-electron chi connectivity index (χ1n) is 16.6. The summed E-state index contributed by atoms with van der Waals surface area (Å²) < 4.78 is 16.9. The highest BCUT2D eigenvalue weighted by Gasteiger charge is 2.25. The Balaban J connectivity index is 4.41. The molecule has 41 heavy (non-hydrogen) atoms. The van der Waals surface area contributed by atoms with Gasteiger partial charge in [-0.25, -0.2) is 0 Å². The number of hydrogen-bond donors (Lipinski definition) is 0. The minimum atomic E-state index is -1.13. The number of carboxylic acids is 1. The lowest BCUT2D eigenvalue weighted by atomic mass is 10.0. The third kappa shape index (κ3) is 24.6. The second-order valence-corrected chi connectivity index (χ2v) is 12.4. The summed E-state index contributed by atoms with van der Waals surface area (Å²) in [6.07, 6.45) is 20.1. The second kappa shape index (κ2) is 26.0. The van der Waals surface area contributed by atoms with Crippen molar-refractivity contribution in [1.29, 1.82) is 0 Å². The van der Waals surface area contributed by atoms with Gasteiger partial charge in [-0.2, -0.15) is 0 Å². The molecule has 0 aromatic rings. The van der Waals surface area contributed by atoms with Crippen LogP contribution >= 0.6 is 0 Å². The van der Waals surface area contributed by atoms with E-state index in [1.807, 2.05) is 0 Å². The number of ether oxygens (including phenoxy) is 3. The zero-order valence-corrected chi connectivity index (χ0v) is 27.2. The van der Waals surface area contributed by atoms with Crippen LogP contribution in [0.15, 0.2) is 0 Å². The van der Waals surface area contributed by atoms with Gasteiger partial charge >= 0.3 is 11.9 Å². The molecule has 0 aromatic carbocycles. The average molecular weight is 586 g/mol. The number of esters is 2. The lowest BCUT2D eigenvalue weighted by molar-refractivity contribution is -0.889. The van der Waals surface area contributed by atoms with Gasteiger partial charge in [-0.15, -0.1) is 0 Å². The summed E-state index contributed by atoms with van der Waals surface area (Å²) in [6, 6.07) is -0.715. The molecule has 0 aliphatic rings. The fraction of sp³-hybridized carbons (Fsp3) is 0.909. The molecule has 0 fully saturated rings. The van der Waals surface area contributed by atoms with Crippen molar-refractivity contribution in [3.63, 3.8) is 0 Å². The van der Waals surface area contributed by atoms with Crippen molar-refractivity contribution in [1.82, 2.24) is 0 Å². The van der Waals surface area contributed by atoms with Crippen LogP contribution in [0.1, 0.15) is 142 Å². The molecule has 2 atom stereocenters. The Hall–Kier alpha value is -1.67. The summed E-state index contributed by atoms with van der Waals surface area (Å²) in [5, 5.41) is 11.5. The smallest absolute Gasteiger partial charge is 0.306 e. The SMILES string of the molecule is CCCCCCCCCCCCCCC(=O)OC(COCCC(C(=O)[O-])[N+](C)(C)C)COC(=O)CCCCCCC. The van der Waals surface area contributed by atoms with E-state index < -0.39 is 18.1 Å². The van der Waals surface area contributed by atoms with Crippen LogP contribution in [0.4, 0.5) is 0 Å². The fourth-order valence-corrected chi connectivity index (χ4v) is 4.83. The predicted molar refractivity (Wildman–Crippen MR) is 162 cm³/mol. The maximum Gasteiger partial charge on any atom is 0.306 e. The van der Waals surface area contributed by atoms with E-state index in [4.69, 9.17) is 14.2 Å². The van der Waals surface area contributed by atoms with Crippen molar-refractivity contribution in [3.05, 3.63) is 0 Å². The summed E-state index contributed by atoms with van der Waals surface area (Å²) in [6.45, 7) is 4.55. The molecule has 2 unspecified atom stereocenters. The normalized spacial score (nSPS) is 13.1. The number of carbonyl (C=O) groups is 3. The summed E-state index contributed by atoms with van der Waals surface area (Å²) in [5.41, 5.74) is 0. The Labute approximate surface area is 251 Å². The van der Waals surface area contributed by atoms with Gasteiger partial charge in [0.2, 0.25) is 0 Å². The monoisotopic (exact) mass is 585 g/mol. The molecule has 0 amide bonds. The van der Waals surface area contributed by atoms with Gasteiger partial charge < -0.3 is 28.6 Å². The number of likely N-dealkylation sites (N-methyl/N-ethyl adjacent to an activating group) is 1. The number of quaternary nitrogens is 1. The zero-order valence-electron chi connectivity index (χ0n) is 27.2. The lowest BCUT2D eigenvalue weighted by Crippen LogP contribution is -2.55. The Bertz CT molecular complexity index is 662. The summed E-state index contributed by atoms with van der Waals surface area (Å²) in [7, 11) is 5.38. The van der Waals surface area contributed by atoms with Gasteiger partial charge in [0.15, 0.2) is 6.10 Å². The van der Waals surface area contributed by atoms with Gasteiger partial charge in [-0.3, -0.25) is 9.59 Å². The predicted octanol–water partition coefficient (Wildman–Crippen LogP) is 6.12. The Morgan fingerprint density at radius 2 is 1.07 bits per heavy atom. The number of carbonyl (C=O) groups excluding carboxylic acids is 3. The molecule has 0 bridgehead atoms. The molecule has 0 aromatic heterocycles. The lowest BCUT2D eigenvalue weighted by Gasteiger charge is -2.34. The number of rotatable bonds is 29. The van der Waals surface area contributed by atoms with E-state index in [0.29, 0.717) is 12.8 Å². The van der Waals surface area contributed by atoms with Gasteiger partial charge in [0, 0.05) is 19.3 Å². The summed E-state index contributed by atoms with van der Waals surface area (Å²) >= 11 is 0. The van der Waals surface area contributed by atoms with E-state index in [0.717, 1.165) is 51.4 Å². The molecular formula is C33H63NO7. The highest BCUT2D eigenvalue weighted by molar-refractivity contribution is 5.70. The standard InChI is InChI=1S/C33H63NO7/c1-6-8-10-12-13-14-15-16-17-18-20-22-24-32(36)41-29(28-40-31(35)23-21-19-11-9-7-2)27-39-26-25-30(33(37)38)34(3,4)5/h29-30H,6-28H2,1-5H3. The molecule has 0 saturated carbocycles. The molecule has 0 spiro atoms. The van der Waals surface area contributed by atoms with Crippen LogP contribution in [0.5, 0.6) is 0 Å². The van der Waals surface area contributed by atoms with Crippen molar-refractivity contribution >= 4 is 17.9 Å². The molecule has 8 nitrogen and oxygen atoms in total. The van der Waals surface area contributed by atoms with E-state index in [9.17, 15) is 19.5 Å². The number of hydrogen-bond acceptors (Lipinski definition) is 7. The highest BCUT2D eigenvalue weighted by Crippen LogP contribution is 2.14. The van der Waals surface area contributed by atoms with Gasteiger partial charge in [0.25, 0.3) is 0 Å². The molecule has 8 heteroatoms. The van der Waals surface area contributed by atoms with Crippen LogP contribution in [0, 0.1) is 0 Å². The van der Waals surface area contributed by atoms with E-state index in [-0.39, 0.29) is 42.7 Å². The maximum atomic E-state index is 12.5. The average Bonchev–Trinajstić information content (AvgIpc) is 2.90. The van der Waals surface area contributed by atoms with Crippen LogP contribution < -0.4 is 5.11 Å². The third-order valence-electron chi connectivity index (χ3n) is 7.49. The van der Waals surface area contributed by atoms with Crippen molar-refractivity contribution < 1.29 is 38.2 Å². The molecule has 0 heterocycles. The van der Waals surface area contributed by atoms with E-state index in [1.165, 1.54) is 57.8 Å². The fourth-order valence-electron chi connectivity index (χ4n) is 4.83. The molecule has 242 valence electrons. The van der Waals surface area contributed by atoms with Crippen LogP contribution in [0.2, 0.25) is 0 Å². The van der Waals surface area contributed by atoms with Crippen LogP contribution in [0.25, 0.3) is 0 Å². The minimum absolute atomic E-state index is 0.0465. The first-order valence-corrected chi connectivity index (χ1v) is 16.6. The molecule has 0 rings (SSSR count). The van der Waals surface area contributed by atoms with Gasteiger partial charge in [-0.1, -0.05) is 110 Å². The van der Waals surface area contributed by atoms with E-state index in [2.05, 4.69) is 13.8 Å². The quantitative estimate of drug-likeness (QED) is 0.0592. The number of nitrogens with zero attached hydrogens (tertiary/aromatic N) is 1. The Kier molecular flexibility index (Phi) is 24.9. The molecule has 0 radical (unpaired) electrons. The first-order chi connectivity index (χ1) is 19.6. The minimum Gasteiger partial charge on any atom is -0.544 e.